The average molecular weight is 538 g/mol. The minimum atomic E-state index is -0.246. The van der Waals surface area contributed by atoms with Crippen molar-refractivity contribution in [1.29, 1.82) is 0 Å². The number of thiazole rings is 1. The highest BCUT2D eigenvalue weighted by Gasteiger charge is 2.22. The number of aromatic nitrogens is 4. The van der Waals surface area contributed by atoms with Gasteiger partial charge in [0, 0.05) is 30.1 Å². The Morgan fingerprint density at radius 1 is 1.30 bits per heavy atom. The summed E-state index contributed by atoms with van der Waals surface area (Å²) >= 11 is 7.73. The van der Waals surface area contributed by atoms with Crippen LogP contribution in [0.4, 0.5) is 0 Å². The lowest BCUT2D eigenvalue weighted by Crippen LogP contribution is -2.31. The van der Waals surface area contributed by atoms with Crippen LogP contribution in [0, 0.1) is 12.8 Å². The van der Waals surface area contributed by atoms with Crippen LogP contribution in [0.25, 0.3) is 17.7 Å². The van der Waals surface area contributed by atoms with Crippen LogP contribution in [-0.2, 0) is 0 Å². The molecule has 0 bridgehead atoms. The summed E-state index contributed by atoms with van der Waals surface area (Å²) in [5.74, 6) is 2.43. The van der Waals surface area contributed by atoms with Gasteiger partial charge in [0.15, 0.2) is 5.82 Å². The van der Waals surface area contributed by atoms with Gasteiger partial charge in [0.05, 0.1) is 16.5 Å². The molecular weight excluding hydrogens is 514 g/mol. The molecule has 5 rings (SSSR count). The molecule has 1 aliphatic carbocycles. The van der Waals surface area contributed by atoms with E-state index in [0.717, 1.165) is 17.2 Å². The van der Waals surface area contributed by atoms with Gasteiger partial charge in [0.1, 0.15) is 17.2 Å². The summed E-state index contributed by atoms with van der Waals surface area (Å²) in [6.45, 7) is 4.32. The number of benzene rings is 1. The number of amides is 1. The second-order valence-electron chi connectivity index (χ2n) is 8.67. The zero-order valence-corrected chi connectivity index (χ0v) is 21.8. The summed E-state index contributed by atoms with van der Waals surface area (Å²) < 4.78 is 16.7. The van der Waals surface area contributed by atoms with E-state index < -0.39 is 0 Å². The molecule has 1 aliphatic rings. The van der Waals surface area contributed by atoms with Crippen LogP contribution in [0.5, 0.6) is 16.7 Å². The van der Waals surface area contributed by atoms with Gasteiger partial charge >= 0.3 is 0 Å². The summed E-state index contributed by atoms with van der Waals surface area (Å²) in [4.78, 5) is 26.2. The maximum Gasteiger partial charge on any atom is 0.279 e. The SMILES string of the molecule is Cc1noc(-c2cc(C(=O)N[C@@H](C)/C=C/c3cnc(Oc4ccc(OCC5CC5)cc4Cl)s3)ccn2)n1. The van der Waals surface area contributed by atoms with Crippen molar-refractivity contribution in [2.24, 2.45) is 5.92 Å². The number of nitrogens with one attached hydrogen (secondary N) is 1. The van der Waals surface area contributed by atoms with Gasteiger partial charge < -0.3 is 19.3 Å². The Bertz CT molecular complexity index is 1430. The normalized spacial score (nSPS) is 14.0. The van der Waals surface area contributed by atoms with Gasteiger partial charge in [0.25, 0.3) is 17.0 Å². The van der Waals surface area contributed by atoms with E-state index in [9.17, 15) is 4.79 Å². The first-order valence-electron chi connectivity index (χ1n) is 11.7. The molecule has 1 atom stereocenters. The molecule has 3 aromatic heterocycles. The number of pyridine rings is 1. The molecule has 190 valence electrons. The molecule has 9 nitrogen and oxygen atoms in total. The Balaban J connectivity index is 1.15. The lowest BCUT2D eigenvalue weighted by molar-refractivity contribution is 0.0947. The van der Waals surface area contributed by atoms with Crippen molar-refractivity contribution >= 4 is 34.9 Å². The van der Waals surface area contributed by atoms with Gasteiger partial charge in [-0.1, -0.05) is 34.2 Å². The predicted octanol–water partition coefficient (Wildman–Crippen LogP) is 5.96. The first-order chi connectivity index (χ1) is 17.9. The number of nitrogens with zero attached hydrogens (tertiary/aromatic N) is 4. The topological polar surface area (TPSA) is 112 Å². The molecule has 1 amide bonds. The van der Waals surface area contributed by atoms with E-state index >= 15 is 0 Å². The number of rotatable bonds is 10. The maximum absolute atomic E-state index is 12.7. The van der Waals surface area contributed by atoms with Gasteiger partial charge in [0.2, 0.25) is 0 Å². The van der Waals surface area contributed by atoms with Gasteiger partial charge in [-0.15, -0.1) is 0 Å². The van der Waals surface area contributed by atoms with E-state index in [1.165, 1.54) is 30.4 Å². The first-order valence-corrected chi connectivity index (χ1v) is 12.9. The number of ether oxygens (including phenoxy) is 2. The van der Waals surface area contributed by atoms with Crippen molar-refractivity contribution in [3.63, 3.8) is 0 Å². The third kappa shape index (κ3) is 6.72. The van der Waals surface area contributed by atoms with Gasteiger partial charge in [-0.05, 0) is 62.9 Å². The van der Waals surface area contributed by atoms with Crippen LogP contribution in [0.3, 0.4) is 0 Å². The molecule has 0 aliphatic heterocycles. The molecule has 0 saturated heterocycles. The van der Waals surface area contributed by atoms with Crippen molar-refractivity contribution in [3.05, 3.63) is 70.1 Å². The van der Waals surface area contributed by atoms with Crippen LogP contribution in [0.15, 0.2) is 53.3 Å². The molecule has 0 radical (unpaired) electrons. The van der Waals surface area contributed by atoms with Gasteiger partial charge in [-0.3, -0.25) is 9.78 Å². The lowest BCUT2D eigenvalue weighted by Gasteiger charge is -2.09. The number of hydrogen-bond acceptors (Lipinski definition) is 9. The molecule has 11 heteroatoms. The Labute approximate surface area is 222 Å². The average Bonchev–Trinajstić information content (AvgIpc) is 3.45. The highest BCUT2D eigenvalue weighted by molar-refractivity contribution is 7.14. The number of carbonyl (C=O) groups excluding carboxylic acids is 1. The summed E-state index contributed by atoms with van der Waals surface area (Å²) in [5.41, 5.74) is 0.879. The standard InChI is InChI=1S/C26H24ClN5O4S/c1-15(30-24(33)18-9-10-28-22(11-18)25-31-16(2)32-36-25)3-7-20-13-29-26(37-20)35-23-8-6-19(12-21(23)27)34-14-17-4-5-17/h3,6-13,15,17H,4-5,14H2,1-2H3,(H,30,33)/b7-3+/t15-/m0/s1. The Hall–Kier alpha value is -3.76. The van der Waals surface area contributed by atoms with E-state index in [1.54, 1.807) is 37.4 Å². The Morgan fingerprint density at radius 3 is 2.92 bits per heavy atom. The summed E-state index contributed by atoms with van der Waals surface area (Å²) in [7, 11) is 0. The van der Waals surface area contributed by atoms with E-state index in [1.807, 2.05) is 25.1 Å². The highest BCUT2D eigenvalue weighted by atomic mass is 35.5. The van der Waals surface area contributed by atoms with E-state index in [0.29, 0.717) is 39.0 Å². The van der Waals surface area contributed by atoms with Crippen molar-refractivity contribution in [1.82, 2.24) is 25.4 Å². The fourth-order valence-electron chi connectivity index (χ4n) is 3.31. The molecule has 37 heavy (non-hydrogen) atoms. The highest BCUT2D eigenvalue weighted by Crippen LogP contribution is 2.35. The molecule has 1 saturated carbocycles. The second-order valence-corrected chi connectivity index (χ2v) is 10.1. The van der Waals surface area contributed by atoms with Crippen LogP contribution in [0.2, 0.25) is 5.02 Å². The third-order valence-electron chi connectivity index (χ3n) is 5.46. The predicted molar refractivity (Wildman–Crippen MR) is 140 cm³/mol. The molecule has 3 heterocycles. The van der Waals surface area contributed by atoms with Crippen molar-refractivity contribution in [3.8, 4) is 28.3 Å². The molecule has 4 aromatic rings. The van der Waals surface area contributed by atoms with Crippen molar-refractivity contribution in [2.75, 3.05) is 6.61 Å². The van der Waals surface area contributed by atoms with Crippen LogP contribution in [-0.4, -0.2) is 38.7 Å². The van der Waals surface area contributed by atoms with Crippen molar-refractivity contribution < 1.29 is 18.8 Å². The van der Waals surface area contributed by atoms with Crippen LogP contribution in [0.1, 0.15) is 40.8 Å². The minimum Gasteiger partial charge on any atom is -0.493 e. The molecule has 0 unspecified atom stereocenters. The Morgan fingerprint density at radius 2 is 2.16 bits per heavy atom. The fraction of sp³-hybridized carbons (Fsp3) is 0.269. The Kier molecular flexibility index (Phi) is 7.47. The molecule has 1 N–H and O–H groups in total. The van der Waals surface area contributed by atoms with Gasteiger partial charge in [-0.25, -0.2) is 4.98 Å². The van der Waals surface area contributed by atoms with Crippen LogP contribution < -0.4 is 14.8 Å². The maximum atomic E-state index is 12.7. The molecular formula is C26H24ClN5O4S. The largest absolute Gasteiger partial charge is 0.493 e. The molecule has 1 aromatic carbocycles. The van der Waals surface area contributed by atoms with Crippen LogP contribution >= 0.6 is 22.9 Å². The summed E-state index contributed by atoms with van der Waals surface area (Å²) in [6.07, 6.45) is 9.45. The zero-order valence-electron chi connectivity index (χ0n) is 20.2. The fourth-order valence-corrected chi connectivity index (χ4v) is 4.21. The monoisotopic (exact) mass is 537 g/mol. The summed E-state index contributed by atoms with van der Waals surface area (Å²) in [6, 6.07) is 8.39. The number of carbonyl (C=O) groups is 1. The number of hydrogen-bond donors (Lipinski definition) is 1. The third-order valence-corrected chi connectivity index (χ3v) is 6.60. The number of halogens is 1. The minimum absolute atomic E-state index is 0.237. The van der Waals surface area contributed by atoms with E-state index in [-0.39, 0.29) is 17.8 Å². The van der Waals surface area contributed by atoms with Crippen molar-refractivity contribution in [2.45, 2.75) is 32.7 Å². The zero-order chi connectivity index (χ0) is 25.8. The number of aryl methyl sites for hydroxylation is 1. The van der Waals surface area contributed by atoms with Gasteiger partial charge in [-0.2, -0.15) is 4.98 Å². The second kappa shape index (κ2) is 11.1. The first kappa shape index (κ1) is 24.9. The lowest BCUT2D eigenvalue weighted by atomic mass is 10.2. The molecule has 1 fully saturated rings. The summed E-state index contributed by atoms with van der Waals surface area (Å²) in [5, 5.41) is 7.62. The van der Waals surface area contributed by atoms with E-state index in [4.69, 9.17) is 25.6 Å². The quantitative estimate of drug-likeness (QED) is 0.263. The van der Waals surface area contributed by atoms with E-state index in [2.05, 4.69) is 25.4 Å². The smallest absolute Gasteiger partial charge is 0.279 e. The molecule has 0 spiro atoms.